The predicted molar refractivity (Wildman–Crippen MR) is 281 cm³/mol. The molecule has 0 bridgehead atoms. The number of esters is 6. The summed E-state index contributed by atoms with van der Waals surface area (Å²) in [5.41, 5.74) is 0. The van der Waals surface area contributed by atoms with E-state index in [4.69, 9.17) is 28.4 Å². The highest BCUT2D eigenvalue weighted by Crippen LogP contribution is 2.19. The van der Waals surface area contributed by atoms with Crippen molar-refractivity contribution in [2.45, 2.75) is 218 Å². The summed E-state index contributed by atoms with van der Waals surface area (Å²) >= 11 is 0. The van der Waals surface area contributed by atoms with Crippen molar-refractivity contribution in [3.05, 3.63) is 0 Å². The van der Waals surface area contributed by atoms with Crippen LogP contribution in [0.2, 0.25) is 0 Å². The van der Waals surface area contributed by atoms with Crippen molar-refractivity contribution in [2.24, 2.45) is 53.3 Å². The van der Waals surface area contributed by atoms with Crippen LogP contribution in [0.3, 0.4) is 0 Å². The van der Waals surface area contributed by atoms with Gasteiger partial charge in [0.15, 0.2) is 36.6 Å². The molecule has 1 aliphatic rings. The average molecular weight is 1110 g/mol. The van der Waals surface area contributed by atoms with E-state index in [2.05, 4.69) is 31.9 Å². The van der Waals surface area contributed by atoms with E-state index in [1.807, 2.05) is 0 Å². The molecule has 12 atom stereocenters. The first-order chi connectivity index (χ1) is 35.9. The second-order valence-electron chi connectivity index (χ2n) is 22.9. The first kappa shape index (κ1) is 69.7. The van der Waals surface area contributed by atoms with Crippen molar-refractivity contribution in [1.29, 1.82) is 0 Å². The molecule has 6 amide bonds. The van der Waals surface area contributed by atoms with Crippen molar-refractivity contribution in [1.82, 2.24) is 31.9 Å². The van der Waals surface area contributed by atoms with Crippen LogP contribution in [0, 0.1) is 53.3 Å². The molecule has 0 unspecified atom stereocenters. The van der Waals surface area contributed by atoms with Crippen molar-refractivity contribution < 1.29 is 86.0 Å². The van der Waals surface area contributed by atoms with Gasteiger partial charge in [0, 0.05) is 0 Å². The number of amides is 6. The summed E-state index contributed by atoms with van der Waals surface area (Å²) in [4.78, 5) is 165. The highest BCUT2D eigenvalue weighted by Gasteiger charge is 2.42. The first-order valence-electron chi connectivity index (χ1n) is 26.9. The second-order valence-corrected chi connectivity index (χ2v) is 22.9. The molecule has 24 nitrogen and oxygen atoms in total. The van der Waals surface area contributed by atoms with Crippen LogP contribution in [-0.2, 0) is 86.0 Å². The maximum absolute atomic E-state index is 13.9. The molecule has 0 aromatic rings. The Morgan fingerprint density at radius 2 is 0.372 bits per heavy atom. The molecular weight excluding hydrogens is 1020 g/mol. The Morgan fingerprint density at radius 1 is 0.231 bits per heavy atom. The number of nitrogens with one attached hydrogen (secondary N) is 6. The zero-order valence-electron chi connectivity index (χ0n) is 49.5. The summed E-state index contributed by atoms with van der Waals surface area (Å²) in [5.74, 6) is -17.8. The molecule has 78 heavy (non-hydrogen) atoms. The van der Waals surface area contributed by atoms with E-state index < -0.39 is 197 Å². The van der Waals surface area contributed by atoms with Crippen LogP contribution in [0.15, 0.2) is 0 Å². The third kappa shape index (κ3) is 20.8. The third-order valence-corrected chi connectivity index (χ3v) is 12.6. The Bertz CT molecular complexity index is 1890. The van der Waals surface area contributed by atoms with Crippen molar-refractivity contribution in [3.63, 3.8) is 0 Å². The van der Waals surface area contributed by atoms with Crippen molar-refractivity contribution >= 4 is 71.3 Å². The summed E-state index contributed by atoms with van der Waals surface area (Å²) in [6.45, 7) is 32.1. The Kier molecular flexibility index (Phi) is 27.9. The van der Waals surface area contributed by atoms with Gasteiger partial charge in [-0.2, -0.15) is 0 Å². The normalized spacial score (nSPS) is 28.8. The Morgan fingerprint density at radius 3 is 0.513 bits per heavy atom. The summed E-state index contributed by atoms with van der Waals surface area (Å²) in [6, 6.07) is -8.38. The number of carbonyl (C=O) groups excluding carboxylic acids is 12. The summed E-state index contributed by atoms with van der Waals surface area (Å²) in [6.07, 6.45) is -9.25. The number of rotatable bonds is 9. The van der Waals surface area contributed by atoms with Crippen LogP contribution in [0.4, 0.5) is 0 Å². The number of hydrogen-bond donors (Lipinski definition) is 6. The van der Waals surface area contributed by atoms with Gasteiger partial charge in [0.1, 0.15) is 36.3 Å². The Balaban J connectivity index is 3.87. The lowest BCUT2D eigenvalue weighted by Gasteiger charge is -2.30. The molecule has 1 heterocycles. The lowest BCUT2D eigenvalue weighted by atomic mass is 10.0. The molecule has 0 spiro atoms. The fourth-order valence-corrected chi connectivity index (χ4v) is 7.48. The van der Waals surface area contributed by atoms with Gasteiger partial charge in [-0.15, -0.1) is 0 Å². The standard InChI is InChI=1S/C54H90N6O18/c1-22(2)34-49(67)73-31(19)43(61)55-38(26(9)10)53(71)77-41(29(15)16)47(65)59-36(24(5)6)51(69)75-33(21)45(63)57-39(27(11)12)54(72)78-42(30(17)18)48(66)60-35(23(3)4)50(68)74-32(20)44(62)56-37(25(7)8)52(70)76-40(28(13)14)46(64)58-34/h22-42H,1-21H3,(H,55,61)(H,56,62)(H,57,63)(H,58,64)(H,59,65)(H,60,66)/t31-,32-,33-,34-,35-,36-,37+,38+,39+,40+,41+,42+/m1/s1. The largest absolute Gasteiger partial charge is 0.451 e. The highest BCUT2D eigenvalue weighted by atomic mass is 16.6. The molecule has 444 valence electrons. The fourth-order valence-electron chi connectivity index (χ4n) is 7.48. The van der Waals surface area contributed by atoms with Crippen LogP contribution in [-0.4, -0.2) is 144 Å². The number of carbonyl (C=O) groups is 12. The quantitative estimate of drug-likeness (QED) is 0.143. The molecule has 1 saturated heterocycles. The molecule has 0 saturated carbocycles. The summed E-state index contributed by atoms with van der Waals surface area (Å²) in [7, 11) is 0. The maximum Gasteiger partial charge on any atom is 0.329 e. The van der Waals surface area contributed by atoms with E-state index >= 15 is 0 Å². The van der Waals surface area contributed by atoms with Crippen molar-refractivity contribution in [3.8, 4) is 0 Å². The average Bonchev–Trinajstić information content (AvgIpc) is 3.31. The van der Waals surface area contributed by atoms with Gasteiger partial charge in [-0.05, 0) is 74.0 Å². The lowest BCUT2D eigenvalue weighted by Crippen LogP contribution is -2.56. The third-order valence-electron chi connectivity index (χ3n) is 12.6. The maximum atomic E-state index is 13.9. The second kappa shape index (κ2) is 31.3. The molecule has 0 aromatic heterocycles. The van der Waals surface area contributed by atoms with Gasteiger partial charge in [-0.3, -0.25) is 28.8 Å². The smallest absolute Gasteiger partial charge is 0.329 e. The number of ether oxygens (including phenoxy) is 6. The van der Waals surface area contributed by atoms with E-state index in [0.717, 1.165) is 0 Å². The van der Waals surface area contributed by atoms with Crippen LogP contribution in [0.1, 0.15) is 145 Å². The molecule has 1 rings (SSSR count). The van der Waals surface area contributed by atoms with Gasteiger partial charge < -0.3 is 60.3 Å². The van der Waals surface area contributed by atoms with Gasteiger partial charge >= 0.3 is 35.8 Å². The van der Waals surface area contributed by atoms with Crippen molar-refractivity contribution in [2.75, 3.05) is 0 Å². The van der Waals surface area contributed by atoms with Crippen LogP contribution < -0.4 is 31.9 Å². The lowest BCUT2D eigenvalue weighted by molar-refractivity contribution is -0.167. The molecule has 0 aromatic carbocycles. The van der Waals surface area contributed by atoms with Crippen LogP contribution in [0.25, 0.3) is 0 Å². The van der Waals surface area contributed by atoms with Gasteiger partial charge in [0.05, 0.1) is 0 Å². The number of hydrogen-bond acceptors (Lipinski definition) is 18. The molecule has 6 N–H and O–H groups in total. The fraction of sp³-hybridized carbons (Fsp3) is 0.778. The predicted octanol–water partition coefficient (Wildman–Crippen LogP) is 2.34. The van der Waals surface area contributed by atoms with Gasteiger partial charge in [-0.1, -0.05) is 125 Å². The summed E-state index contributed by atoms with van der Waals surface area (Å²) in [5, 5.41) is 15.1. The van der Waals surface area contributed by atoms with Gasteiger partial charge in [0.2, 0.25) is 0 Å². The minimum Gasteiger partial charge on any atom is -0.451 e. The Hall–Kier alpha value is -6.36. The molecule has 1 fully saturated rings. The first-order valence-corrected chi connectivity index (χ1v) is 26.9. The van der Waals surface area contributed by atoms with E-state index in [9.17, 15) is 57.5 Å². The molecule has 0 radical (unpaired) electrons. The molecular formula is C54H90N6O18. The minimum atomic E-state index is -1.55. The van der Waals surface area contributed by atoms with E-state index in [0.29, 0.717) is 0 Å². The van der Waals surface area contributed by atoms with E-state index in [1.54, 1.807) is 125 Å². The van der Waals surface area contributed by atoms with Crippen LogP contribution in [0.5, 0.6) is 0 Å². The molecule has 1 aliphatic heterocycles. The van der Waals surface area contributed by atoms with Gasteiger partial charge in [0.25, 0.3) is 35.4 Å². The topological polar surface area (TPSA) is 332 Å². The Labute approximate surface area is 459 Å². The molecule has 0 aliphatic carbocycles. The van der Waals surface area contributed by atoms with E-state index in [1.165, 1.54) is 20.8 Å². The van der Waals surface area contributed by atoms with E-state index in [-0.39, 0.29) is 0 Å². The zero-order valence-corrected chi connectivity index (χ0v) is 49.5. The SMILES string of the molecule is CC(C)[C@@H]1NC(=O)[C@@H](C)OC(=O)[C@@H](C(C)C)NC(=O)[C@H](C(C)C)OC(=O)[C@H](C(C)C)NC(=O)[C@@H](C)OC(=O)[C@@H](C(C)C)NC(=O)[C@H](C(C)C)OC(=O)[C@H](C(C)C)NC(=O)[C@@H](C)OC(=O)[C@@H](C(C)C)NC(=O)[C@H](C(C)C)OC1=O. The zero-order chi connectivity index (χ0) is 60.5. The molecule has 24 heteroatoms. The number of cyclic esters (lactones) is 6. The van der Waals surface area contributed by atoms with Gasteiger partial charge in [-0.25, -0.2) is 28.8 Å². The van der Waals surface area contributed by atoms with Crippen LogP contribution >= 0.6 is 0 Å². The highest BCUT2D eigenvalue weighted by molar-refractivity contribution is 5.96. The monoisotopic (exact) mass is 1110 g/mol. The summed E-state index contributed by atoms with van der Waals surface area (Å²) < 4.78 is 33.5. The minimum absolute atomic E-state index is 0.647.